The van der Waals surface area contributed by atoms with Crippen molar-refractivity contribution in [3.63, 3.8) is 0 Å². The second kappa shape index (κ2) is 4.55. The average molecular weight is 288 g/mol. The van der Waals surface area contributed by atoms with Gasteiger partial charge in [0.2, 0.25) is 5.28 Å². The molecular weight excluding hydrogens is 277 g/mol. The van der Waals surface area contributed by atoms with E-state index in [1.54, 1.807) is 4.57 Å². The zero-order valence-corrected chi connectivity index (χ0v) is 10.5. The number of anilines is 1. The number of halogens is 2. The molecule has 1 aliphatic heterocycles. The average Bonchev–Trinajstić information content (AvgIpc) is 2.92. The zero-order chi connectivity index (χ0) is 13.6. The molecule has 1 aliphatic rings. The van der Waals surface area contributed by atoms with Crippen LogP contribution in [0.1, 0.15) is 12.6 Å². The molecule has 19 heavy (non-hydrogen) atoms. The van der Waals surface area contributed by atoms with E-state index in [0.29, 0.717) is 11.2 Å². The molecule has 2 aromatic rings. The number of ether oxygens (including phenoxy) is 1. The molecule has 1 fully saturated rings. The summed E-state index contributed by atoms with van der Waals surface area (Å²) in [6.45, 7) is -0.373. The molecule has 7 nitrogen and oxygen atoms in total. The van der Waals surface area contributed by atoms with Gasteiger partial charge in [0.15, 0.2) is 11.5 Å². The molecule has 1 saturated heterocycles. The number of alkyl halides is 1. The topological polar surface area (TPSA) is 99.1 Å². The SMILES string of the molecule is Nc1nc(Cl)nc2c1ncn2[C@H]1C[C@H](F)[C@@H](CO)O1. The van der Waals surface area contributed by atoms with Crippen LogP contribution in [0.15, 0.2) is 6.33 Å². The van der Waals surface area contributed by atoms with E-state index in [-0.39, 0.29) is 24.1 Å². The molecular formula is C10H11ClFN5O2. The van der Waals surface area contributed by atoms with Gasteiger partial charge in [-0.25, -0.2) is 9.37 Å². The summed E-state index contributed by atoms with van der Waals surface area (Å²) in [5.41, 5.74) is 6.45. The molecule has 0 unspecified atom stereocenters. The normalized spacial score (nSPS) is 27.2. The van der Waals surface area contributed by atoms with Crippen molar-refractivity contribution in [1.29, 1.82) is 0 Å². The molecule has 2 aromatic heterocycles. The summed E-state index contributed by atoms with van der Waals surface area (Å²) in [6.07, 6.45) is -1.11. The number of imidazole rings is 1. The number of hydrogen-bond donors (Lipinski definition) is 2. The van der Waals surface area contributed by atoms with Crippen molar-refractivity contribution in [2.45, 2.75) is 24.9 Å². The number of hydrogen-bond acceptors (Lipinski definition) is 6. The van der Waals surface area contributed by atoms with E-state index in [2.05, 4.69) is 15.0 Å². The molecule has 0 radical (unpaired) electrons. The second-order valence-corrected chi connectivity index (χ2v) is 4.60. The van der Waals surface area contributed by atoms with Crippen molar-refractivity contribution in [2.24, 2.45) is 0 Å². The van der Waals surface area contributed by atoms with Crippen molar-refractivity contribution in [2.75, 3.05) is 12.3 Å². The monoisotopic (exact) mass is 287 g/mol. The van der Waals surface area contributed by atoms with Gasteiger partial charge in [0, 0.05) is 6.42 Å². The number of nitrogens with zero attached hydrogens (tertiary/aromatic N) is 4. The Morgan fingerprint density at radius 2 is 2.37 bits per heavy atom. The number of aromatic nitrogens is 4. The van der Waals surface area contributed by atoms with E-state index >= 15 is 0 Å². The second-order valence-electron chi connectivity index (χ2n) is 4.27. The standard InChI is InChI=1S/C10H11ClFN5O2/c11-10-15-8(13)7-9(16-10)17(3-14-7)6-1-4(12)5(2-18)19-6/h3-6,18H,1-2H2,(H2,13,15,16)/t4-,5+,6+/m0/s1. The van der Waals surface area contributed by atoms with Gasteiger partial charge < -0.3 is 15.6 Å². The van der Waals surface area contributed by atoms with E-state index in [9.17, 15) is 4.39 Å². The summed E-state index contributed by atoms with van der Waals surface area (Å²) >= 11 is 5.75. The maximum atomic E-state index is 13.6. The van der Waals surface area contributed by atoms with Crippen LogP contribution in [0.3, 0.4) is 0 Å². The number of rotatable bonds is 2. The van der Waals surface area contributed by atoms with Crippen molar-refractivity contribution in [1.82, 2.24) is 19.5 Å². The van der Waals surface area contributed by atoms with Crippen molar-refractivity contribution < 1.29 is 14.2 Å². The molecule has 3 N–H and O–H groups in total. The lowest BCUT2D eigenvalue weighted by Crippen LogP contribution is -2.21. The van der Waals surface area contributed by atoms with Gasteiger partial charge in [0.1, 0.15) is 24.0 Å². The van der Waals surface area contributed by atoms with E-state index < -0.39 is 18.5 Å². The molecule has 3 atom stereocenters. The summed E-state index contributed by atoms with van der Waals surface area (Å²) in [6, 6.07) is 0. The van der Waals surface area contributed by atoms with Crippen LogP contribution in [0, 0.1) is 0 Å². The largest absolute Gasteiger partial charge is 0.394 e. The fourth-order valence-electron chi connectivity index (χ4n) is 2.15. The Balaban J connectivity index is 2.02. The highest BCUT2D eigenvalue weighted by Gasteiger charge is 2.36. The molecule has 0 saturated carbocycles. The van der Waals surface area contributed by atoms with Crippen LogP contribution in [0.5, 0.6) is 0 Å². The van der Waals surface area contributed by atoms with Crippen LogP contribution in [0.25, 0.3) is 11.2 Å². The number of fused-ring (bicyclic) bond motifs is 1. The fraction of sp³-hybridized carbons (Fsp3) is 0.500. The zero-order valence-electron chi connectivity index (χ0n) is 9.70. The first-order valence-electron chi connectivity index (χ1n) is 5.66. The minimum atomic E-state index is -1.23. The molecule has 0 bridgehead atoms. The molecule has 102 valence electrons. The van der Waals surface area contributed by atoms with E-state index in [1.165, 1.54) is 6.33 Å². The van der Waals surface area contributed by atoms with Crippen LogP contribution >= 0.6 is 11.6 Å². The third kappa shape index (κ3) is 2.01. The Hall–Kier alpha value is -1.51. The lowest BCUT2D eigenvalue weighted by molar-refractivity contribution is -0.0323. The highest BCUT2D eigenvalue weighted by molar-refractivity contribution is 6.28. The van der Waals surface area contributed by atoms with Crippen molar-refractivity contribution >= 4 is 28.6 Å². The smallest absolute Gasteiger partial charge is 0.226 e. The third-order valence-electron chi connectivity index (χ3n) is 3.07. The summed E-state index contributed by atoms with van der Waals surface area (Å²) in [7, 11) is 0. The van der Waals surface area contributed by atoms with E-state index in [4.69, 9.17) is 27.2 Å². The summed E-state index contributed by atoms with van der Waals surface area (Å²) in [4.78, 5) is 11.9. The van der Waals surface area contributed by atoms with Crippen LogP contribution in [0.2, 0.25) is 5.28 Å². The van der Waals surface area contributed by atoms with Gasteiger partial charge >= 0.3 is 0 Å². The predicted octanol–water partition coefficient (Wildman–Crippen LogP) is 0.680. The Kier molecular flexibility index (Phi) is 3.00. The molecule has 3 rings (SSSR count). The predicted molar refractivity (Wildman–Crippen MR) is 65.3 cm³/mol. The number of aliphatic hydroxyl groups is 1. The van der Waals surface area contributed by atoms with Gasteiger partial charge in [-0.15, -0.1) is 0 Å². The first-order chi connectivity index (χ1) is 9.10. The lowest BCUT2D eigenvalue weighted by Gasteiger charge is -2.13. The minimum Gasteiger partial charge on any atom is -0.394 e. The number of nitrogen functional groups attached to an aromatic ring is 1. The van der Waals surface area contributed by atoms with Gasteiger partial charge in [-0.2, -0.15) is 9.97 Å². The Morgan fingerprint density at radius 3 is 3.05 bits per heavy atom. The van der Waals surface area contributed by atoms with Crippen LogP contribution in [-0.2, 0) is 4.74 Å². The molecule has 0 spiro atoms. The molecule has 0 aromatic carbocycles. The lowest BCUT2D eigenvalue weighted by atomic mass is 10.2. The van der Waals surface area contributed by atoms with Crippen LogP contribution in [0.4, 0.5) is 10.2 Å². The Labute approximate surface area is 112 Å². The first kappa shape index (κ1) is 12.5. The van der Waals surface area contributed by atoms with E-state index in [1.807, 2.05) is 0 Å². The van der Waals surface area contributed by atoms with Gasteiger partial charge in [0.05, 0.1) is 12.9 Å². The summed E-state index contributed by atoms with van der Waals surface area (Å²) in [5, 5.41) is 8.98. The van der Waals surface area contributed by atoms with Crippen molar-refractivity contribution in [3.8, 4) is 0 Å². The maximum Gasteiger partial charge on any atom is 0.226 e. The van der Waals surface area contributed by atoms with Crippen molar-refractivity contribution in [3.05, 3.63) is 11.6 Å². The summed E-state index contributed by atoms with van der Waals surface area (Å²) < 4.78 is 20.5. The van der Waals surface area contributed by atoms with Gasteiger partial charge in [-0.1, -0.05) is 0 Å². The number of nitrogens with two attached hydrogens (primary N) is 1. The van der Waals surface area contributed by atoms with Gasteiger partial charge in [-0.05, 0) is 11.6 Å². The fourth-order valence-corrected chi connectivity index (χ4v) is 2.32. The number of aliphatic hydroxyl groups excluding tert-OH is 1. The van der Waals surface area contributed by atoms with Crippen LogP contribution in [-0.4, -0.2) is 43.5 Å². The Morgan fingerprint density at radius 1 is 1.58 bits per heavy atom. The highest BCUT2D eigenvalue weighted by atomic mass is 35.5. The first-order valence-corrected chi connectivity index (χ1v) is 6.04. The molecule has 3 heterocycles. The molecule has 0 amide bonds. The van der Waals surface area contributed by atoms with Crippen LogP contribution < -0.4 is 5.73 Å². The highest BCUT2D eigenvalue weighted by Crippen LogP contribution is 2.33. The van der Waals surface area contributed by atoms with Gasteiger partial charge in [0.25, 0.3) is 0 Å². The molecule has 0 aliphatic carbocycles. The quantitative estimate of drug-likeness (QED) is 0.788. The van der Waals surface area contributed by atoms with Gasteiger partial charge in [-0.3, -0.25) is 4.57 Å². The third-order valence-corrected chi connectivity index (χ3v) is 3.24. The summed E-state index contributed by atoms with van der Waals surface area (Å²) in [5.74, 6) is 0.155. The molecule has 9 heteroatoms. The maximum absolute atomic E-state index is 13.6. The Bertz CT molecular complexity index is 621. The minimum absolute atomic E-state index is 0.0137. The van der Waals surface area contributed by atoms with E-state index in [0.717, 1.165) is 0 Å².